The van der Waals surface area contributed by atoms with Gasteiger partial charge in [0, 0.05) is 6.57 Å². The fourth-order valence-electron chi connectivity index (χ4n) is 1.76. The molecule has 1 fully saturated rings. The summed E-state index contributed by atoms with van der Waals surface area (Å²) in [7, 11) is 2.22. The van der Waals surface area contributed by atoms with E-state index < -0.39 is 0 Å². The third-order valence-corrected chi connectivity index (χ3v) is 2.54. The molecule has 0 unspecified atom stereocenters. The SMILES string of the molecule is C#N.CCCC1CCN(C)CC1. The van der Waals surface area contributed by atoms with E-state index in [2.05, 4.69) is 25.4 Å². The standard InChI is InChI=1S/C9H19N.CHN/c1-3-4-9-5-7-10(2)8-6-9;1-2/h9H,3-8H2,1-2H3;1H. The van der Waals surface area contributed by atoms with Gasteiger partial charge in [-0.05, 0) is 38.9 Å². The van der Waals surface area contributed by atoms with Crippen molar-refractivity contribution in [3.05, 3.63) is 0 Å². The third kappa shape index (κ3) is 4.35. The Bertz CT molecular complexity index is 112. The molecule has 2 nitrogen and oxygen atoms in total. The summed E-state index contributed by atoms with van der Waals surface area (Å²) in [6.07, 6.45) is 5.69. The molecule has 70 valence electrons. The molecule has 0 bridgehead atoms. The molecule has 1 saturated heterocycles. The summed E-state index contributed by atoms with van der Waals surface area (Å²) in [6.45, 7) is 8.44. The van der Waals surface area contributed by atoms with Crippen LogP contribution in [-0.2, 0) is 0 Å². The summed E-state index contributed by atoms with van der Waals surface area (Å²) in [6, 6.07) is 0. The summed E-state index contributed by atoms with van der Waals surface area (Å²) in [4.78, 5) is 2.44. The van der Waals surface area contributed by atoms with Gasteiger partial charge in [0.05, 0.1) is 0 Å². The van der Waals surface area contributed by atoms with Crippen LogP contribution in [0.2, 0.25) is 0 Å². The van der Waals surface area contributed by atoms with E-state index in [1.807, 2.05) is 0 Å². The van der Waals surface area contributed by atoms with E-state index in [0.717, 1.165) is 5.92 Å². The summed E-state index contributed by atoms with van der Waals surface area (Å²) < 4.78 is 0. The molecule has 1 rings (SSSR count). The van der Waals surface area contributed by atoms with Gasteiger partial charge in [-0.25, -0.2) is 5.26 Å². The van der Waals surface area contributed by atoms with Gasteiger partial charge < -0.3 is 4.90 Å². The maximum atomic E-state index is 6.50. The fraction of sp³-hybridized carbons (Fsp3) is 0.900. The highest BCUT2D eigenvalue weighted by molar-refractivity contribution is 4.68. The van der Waals surface area contributed by atoms with Crippen LogP contribution in [0.1, 0.15) is 32.6 Å². The number of rotatable bonds is 2. The predicted octanol–water partition coefficient (Wildman–Crippen LogP) is 2.27. The first kappa shape index (κ1) is 11.4. The Morgan fingerprint density at radius 3 is 2.25 bits per heavy atom. The molecule has 0 amide bonds. The summed E-state index contributed by atoms with van der Waals surface area (Å²) in [5, 5.41) is 6.50. The second-order valence-corrected chi connectivity index (χ2v) is 3.54. The highest BCUT2D eigenvalue weighted by atomic mass is 15.1. The molecular formula is C10H20N2. The quantitative estimate of drug-likeness (QED) is 0.632. The average molecular weight is 168 g/mol. The van der Waals surface area contributed by atoms with Crippen LogP contribution in [0.4, 0.5) is 0 Å². The zero-order chi connectivity index (χ0) is 9.40. The van der Waals surface area contributed by atoms with Crippen molar-refractivity contribution in [2.75, 3.05) is 20.1 Å². The largest absolute Gasteiger partial charge is 0.306 e. The second kappa shape index (κ2) is 7.12. The second-order valence-electron chi connectivity index (χ2n) is 3.54. The summed E-state index contributed by atoms with van der Waals surface area (Å²) >= 11 is 0. The van der Waals surface area contributed by atoms with E-state index in [4.69, 9.17) is 5.26 Å². The number of hydrogen-bond donors (Lipinski definition) is 0. The maximum Gasteiger partial charge on any atom is 0.0462 e. The van der Waals surface area contributed by atoms with Crippen LogP contribution in [0.5, 0.6) is 0 Å². The molecule has 0 saturated carbocycles. The number of nitrogens with zero attached hydrogens (tertiary/aromatic N) is 2. The van der Waals surface area contributed by atoms with Gasteiger partial charge in [-0.2, -0.15) is 0 Å². The third-order valence-electron chi connectivity index (χ3n) is 2.54. The number of nitriles is 1. The number of piperidine rings is 1. The monoisotopic (exact) mass is 168 g/mol. The van der Waals surface area contributed by atoms with E-state index in [-0.39, 0.29) is 0 Å². The summed E-state index contributed by atoms with van der Waals surface area (Å²) in [5.41, 5.74) is 0. The molecule has 0 radical (unpaired) electrons. The molecule has 1 aliphatic rings. The number of hydrogen-bond acceptors (Lipinski definition) is 2. The lowest BCUT2D eigenvalue weighted by Gasteiger charge is -2.28. The minimum atomic E-state index is 1.04. The molecule has 1 aliphatic heterocycles. The van der Waals surface area contributed by atoms with Crippen molar-refractivity contribution in [2.24, 2.45) is 5.92 Å². The van der Waals surface area contributed by atoms with E-state index in [0.29, 0.717) is 0 Å². The van der Waals surface area contributed by atoms with Gasteiger partial charge in [0.1, 0.15) is 0 Å². The smallest absolute Gasteiger partial charge is 0.0462 e. The van der Waals surface area contributed by atoms with Crippen LogP contribution >= 0.6 is 0 Å². The van der Waals surface area contributed by atoms with Gasteiger partial charge in [-0.3, -0.25) is 0 Å². The van der Waals surface area contributed by atoms with Gasteiger partial charge >= 0.3 is 0 Å². The first-order chi connectivity index (χ1) is 5.83. The molecule has 0 aromatic rings. The molecule has 0 N–H and O–H groups in total. The van der Waals surface area contributed by atoms with E-state index >= 15 is 0 Å². The Labute approximate surface area is 76.2 Å². The maximum absolute atomic E-state index is 6.50. The van der Waals surface area contributed by atoms with Crippen molar-refractivity contribution >= 4 is 0 Å². The van der Waals surface area contributed by atoms with Crippen LogP contribution in [-0.4, -0.2) is 25.0 Å². The van der Waals surface area contributed by atoms with Gasteiger partial charge in [0.25, 0.3) is 0 Å². The normalized spacial score (nSPS) is 19.7. The lowest BCUT2D eigenvalue weighted by atomic mass is 9.93. The minimum Gasteiger partial charge on any atom is -0.306 e. The Morgan fingerprint density at radius 2 is 1.83 bits per heavy atom. The molecule has 0 atom stereocenters. The topological polar surface area (TPSA) is 27.0 Å². The zero-order valence-corrected chi connectivity index (χ0v) is 8.29. The van der Waals surface area contributed by atoms with Crippen LogP contribution in [0.25, 0.3) is 0 Å². The van der Waals surface area contributed by atoms with Crippen molar-refractivity contribution in [3.8, 4) is 6.57 Å². The molecule has 2 heteroatoms. The fourth-order valence-corrected chi connectivity index (χ4v) is 1.76. The van der Waals surface area contributed by atoms with Crippen LogP contribution < -0.4 is 0 Å². The molecule has 0 aliphatic carbocycles. The van der Waals surface area contributed by atoms with E-state index in [1.165, 1.54) is 38.8 Å². The molecular weight excluding hydrogens is 148 g/mol. The van der Waals surface area contributed by atoms with E-state index in [9.17, 15) is 0 Å². The molecule has 0 spiro atoms. The van der Waals surface area contributed by atoms with E-state index in [1.54, 1.807) is 0 Å². The molecule has 1 heterocycles. The van der Waals surface area contributed by atoms with Crippen LogP contribution in [0.15, 0.2) is 0 Å². The number of likely N-dealkylation sites (tertiary alicyclic amines) is 1. The first-order valence-corrected chi connectivity index (χ1v) is 4.77. The van der Waals surface area contributed by atoms with Crippen molar-refractivity contribution in [1.29, 1.82) is 5.26 Å². The van der Waals surface area contributed by atoms with Crippen molar-refractivity contribution in [3.63, 3.8) is 0 Å². The molecule has 12 heavy (non-hydrogen) atoms. The molecule has 0 aromatic heterocycles. The van der Waals surface area contributed by atoms with Gasteiger partial charge in [0.2, 0.25) is 0 Å². The zero-order valence-electron chi connectivity index (χ0n) is 8.29. The minimum absolute atomic E-state index is 1.04. The lowest BCUT2D eigenvalue weighted by molar-refractivity contribution is 0.211. The lowest BCUT2D eigenvalue weighted by Crippen LogP contribution is -2.29. The Balaban J connectivity index is 0.000000561. The predicted molar refractivity (Wildman–Crippen MR) is 51.8 cm³/mol. The van der Waals surface area contributed by atoms with Crippen molar-refractivity contribution in [1.82, 2.24) is 4.90 Å². The van der Waals surface area contributed by atoms with Crippen LogP contribution in [0, 0.1) is 17.8 Å². The Hall–Kier alpha value is -0.550. The van der Waals surface area contributed by atoms with Crippen molar-refractivity contribution in [2.45, 2.75) is 32.6 Å². The summed E-state index contributed by atoms with van der Waals surface area (Å²) in [5.74, 6) is 1.04. The van der Waals surface area contributed by atoms with Gasteiger partial charge in [0.15, 0.2) is 0 Å². The molecule has 0 aromatic carbocycles. The van der Waals surface area contributed by atoms with Gasteiger partial charge in [-0.1, -0.05) is 19.8 Å². The first-order valence-electron chi connectivity index (χ1n) is 4.77. The van der Waals surface area contributed by atoms with Crippen LogP contribution in [0.3, 0.4) is 0 Å². The average Bonchev–Trinajstić information content (AvgIpc) is 2.13. The highest BCUT2D eigenvalue weighted by Crippen LogP contribution is 2.20. The highest BCUT2D eigenvalue weighted by Gasteiger charge is 2.14. The van der Waals surface area contributed by atoms with Gasteiger partial charge in [-0.15, -0.1) is 0 Å². The Morgan fingerprint density at radius 1 is 1.33 bits per heavy atom. The Kier molecular flexibility index (Phi) is 6.79. The van der Waals surface area contributed by atoms with Crippen molar-refractivity contribution < 1.29 is 0 Å².